The number of hydrogen-bond acceptors (Lipinski definition) is 3. The third kappa shape index (κ3) is 4.51. The molecule has 0 heterocycles. The first kappa shape index (κ1) is 14.4. The summed E-state index contributed by atoms with van der Waals surface area (Å²) in [5, 5.41) is 3.42. The van der Waals surface area contributed by atoms with E-state index in [1.54, 1.807) is 0 Å². The van der Waals surface area contributed by atoms with Gasteiger partial charge >= 0.3 is 0 Å². The van der Waals surface area contributed by atoms with E-state index in [1.807, 2.05) is 6.07 Å². The average Bonchev–Trinajstić information content (AvgIpc) is 3.23. The van der Waals surface area contributed by atoms with Crippen molar-refractivity contribution in [2.45, 2.75) is 38.8 Å². The molecule has 0 aromatic heterocycles. The van der Waals surface area contributed by atoms with Crippen LogP contribution in [0.1, 0.15) is 38.3 Å². The van der Waals surface area contributed by atoms with Gasteiger partial charge in [-0.1, -0.05) is 19.1 Å². The van der Waals surface area contributed by atoms with Gasteiger partial charge in [0.05, 0.1) is 0 Å². The van der Waals surface area contributed by atoms with E-state index in [4.69, 9.17) is 4.74 Å². The van der Waals surface area contributed by atoms with Gasteiger partial charge in [0.15, 0.2) is 0 Å². The molecule has 1 fully saturated rings. The van der Waals surface area contributed by atoms with Gasteiger partial charge in [0.25, 0.3) is 0 Å². The molecule has 1 aromatic carbocycles. The third-order valence-corrected chi connectivity index (χ3v) is 3.75. The fourth-order valence-corrected chi connectivity index (χ4v) is 2.30. The van der Waals surface area contributed by atoms with Gasteiger partial charge in [0, 0.05) is 18.6 Å². The summed E-state index contributed by atoms with van der Waals surface area (Å²) in [6.07, 6.45) is 2.71. The minimum Gasteiger partial charge on any atom is -0.492 e. The van der Waals surface area contributed by atoms with Gasteiger partial charge in [-0.05, 0) is 51.1 Å². The Morgan fingerprint density at radius 2 is 2.21 bits per heavy atom. The molecule has 0 saturated heterocycles. The highest BCUT2D eigenvalue weighted by Gasteiger charge is 2.25. The lowest BCUT2D eigenvalue weighted by molar-refractivity contribution is 0.231. The van der Waals surface area contributed by atoms with Crippen molar-refractivity contribution in [3.63, 3.8) is 0 Å². The summed E-state index contributed by atoms with van der Waals surface area (Å²) in [7, 11) is 2.19. The molecule has 1 aromatic rings. The van der Waals surface area contributed by atoms with Crippen LogP contribution in [0, 0.1) is 0 Å². The molecule has 106 valence electrons. The highest BCUT2D eigenvalue weighted by molar-refractivity contribution is 5.30. The van der Waals surface area contributed by atoms with Gasteiger partial charge in [-0.3, -0.25) is 0 Å². The maximum absolute atomic E-state index is 5.85. The van der Waals surface area contributed by atoms with Crippen molar-refractivity contribution in [2.24, 2.45) is 0 Å². The molecular weight excluding hydrogens is 236 g/mol. The smallest absolute Gasteiger partial charge is 0.119 e. The zero-order valence-corrected chi connectivity index (χ0v) is 12.4. The van der Waals surface area contributed by atoms with Gasteiger partial charge in [0.2, 0.25) is 0 Å². The van der Waals surface area contributed by atoms with Crippen molar-refractivity contribution >= 4 is 0 Å². The maximum Gasteiger partial charge on any atom is 0.119 e. The van der Waals surface area contributed by atoms with Crippen LogP contribution in [0.2, 0.25) is 0 Å². The third-order valence-electron chi connectivity index (χ3n) is 3.75. The predicted octanol–water partition coefficient (Wildman–Crippen LogP) is 2.83. The van der Waals surface area contributed by atoms with Crippen LogP contribution in [-0.2, 0) is 0 Å². The summed E-state index contributed by atoms with van der Waals surface area (Å²) in [5.74, 6) is 0.978. The summed E-state index contributed by atoms with van der Waals surface area (Å²) >= 11 is 0. The average molecular weight is 262 g/mol. The Morgan fingerprint density at radius 3 is 2.89 bits per heavy atom. The van der Waals surface area contributed by atoms with E-state index in [0.29, 0.717) is 6.04 Å². The molecule has 1 aliphatic carbocycles. The summed E-state index contributed by atoms with van der Waals surface area (Å²) < 4.78 is 5.85. The van der Waals surface area contributed by atoms with E-state index >= 15 is 0 Å². The second kappa shape index (κ2) is 6.92. The lowest BCUT2D eigenvalue weighted by Gasteiger charge is -2.17. The topological polar surface area (TPSA) is 24.5 Å². The number of hydrogen-bond donors (Lipinski definition) is 1. The first-order chi connectivity index (χ1) is 9.20. The summed E-state index contributed by atoms with van der Waals surface area (Å²) in [5.41, 5.74) is 1.29. The van der Waals surface area contributed by atoms with Gasteiger partial charge in [-0.15, -0.1) is 0 Å². The zero-order chi connectivity index (χ0) is 13.7. The lowest BCUT2D eigenvalue weighted by Crippen LogP contribution is -2.26. The molecule has 1 atom stereocenters. The van der Waals surface area contributed by atoms with Crippen molar-refractivity contribution in [2.75, 3.05) is 26.7 Å². The number of nitrogens with zero attached hydrogens (tertiary/aromatic N) is 1. The summed E-state index contributed by atoms with van der Waals surface area (Å²) in [6.45, 7) is 7.08. The first-order valence-corrected chi connectivity index (χ1v) is 7.37. The van der Waals surface area contributed by atoms with Crippen LogP contribution in [0.4, 0.5) is 0 Å². The second-order valence-electron chi connectivity index (χ2n) is 5.41. The molecule has 0 bridgehead atoms. The number of ether oxygens (including phenoxy) is 1. The van der Waals surface area contributed by atoms with Crippen molar-refractivity contribution in [1.82, 2.24) is 10.2 Å². The van der Waals surface area contributed by atoms with E-state index in [2.05, 4.69) is 49.3 Å². The number of benzene rings is 1. The molecule has 1 unspecified atom stereocenters. The highest BCUT2D eigenvalue weighted by Crippen LogP contribution is 2.25. The predicted molar refractivity (Wildman–Crippen MR) is 79.7 cm³/mol. The number of nitrogens with one attached hydrogen (secondary N) is 1. The fourth-order valence-electron chi connectivity index (χ4n) is 2.30. The molecule has 3 heteroatoms. The van der Waals surface area contributed by atoms with Gasteiger partial charge in [-0.2, -0.15) is 0 Å². The van der Waals surface area contributed by atoms with Crippen LogP contribution in [0.5, 0.6) is 5.75 Å². The Bertz CT molecular complexity index is 390. The normalized spacial score (nSPS) is 16.6. The molecular formula is C16H26N2O. The second-order valence-corrected chi connectivity index (χ2v) is 5.41. The molecule has 3 nitrogen and oxygen atoms in total. The monoisotopic (exact) mass is 262 g/mol. The highest BCUT2D eigenvalue weighted by atomic mass is 16.5. The Labute approximate surface area is 116 Å². The Kier molecular flexibility index (Phi) is 5.23. The quantitative estimate of drug-likeness (QED) is 0.779. The Balaban J connectivity index is 1.80. The molecule has 1 aliphatic rings. The standard InChI is InChI=1S/C16H26N2O/c1-4-17-13(2)14-6-5-7-16(12-14)19-11-10-18(3)15-8-9-15/h5-7,12-13,15,17H,4,8-11H2,1-3H3. The van der Waals surface area contributed by atoms with E-state index < -0.39 is 0 Å². The van der Waals surface area contributed by atoms with E-state index in [1.165, 1.54) is 18.4 Å². The molecule has 1 saturated carbocycles. The van der Waals surface area contributed by atoms with Crippen LogP contribution < -0.4 is 10.1 Å². The van der Waals surface area contributed by atoms with E-state index in [0.717, 1.165) is 31.5 Å². The zero-order valence-electron chi connectivity index (χ0n) is 12.4. The molecule has 19 heavy (non-hydrogen) atoms. The lowest BCUT2D eigenvalue weighted by atomic mass is 10.1. The van der Waals surface area contributed by atoms with E-state index in [-0.39, 0.29) is 0 Å². The van der Waals surface area contributed by atoms with E-state index in [9.17, 15) is 0 Å². The molecule has 2 rings (SSSR count). The SMILES string of the molecule is CCNC(C)c1cccc(OCCN(C)C2CC2)c1. The summed E-state index contributed by atoms with van der Waals surface area (Å²) in [4.78, 5) is 2.39. The first-order valence-electron chi connectivity index (χ1n) is 7.37. The van der Waals surface area contributed by atoms with Crippen LogP contribution in [-0.4, -0.2) is 37.7 Å². The Morgan fingerprint density at radius 1 is 1.42 bits per heavy atom. The molecule has 0 spiro atoms. The fraction of sp³-hybridized carbons (Fsp3) is 0.625. The minimum atomic E-state index is 0.377. The van der Waals surface area contributed by atoms with Crippen LogP contribution in [0.3, 0.4) is 0 Å². The van der Waals surface area contributed by atoms with Crippen molar-refractivity contribution in [3.8, 4) is 5.75 Å². The van der Waals surface area contributed by atoms with Crippen LogP contribution in [0.15, 0.2) is 24.3 Å². The Hall–Kier alpha value is -1.06. The van der Waals surface area contributed by atoms with Crippen molar-refractivity contribution in [1.29, 1.82) is 0 Å². The van der Waals surface area contributed by atoms with Crippen molar-refractivity contribution in [3.05, 3.63) is 29.8 Å². The summed E-state index contributed by atoms with van der Waals surface area (Å²) in [6, 6.07) is 9.59. The minimum absolute atomic E-state index is 0.377. The largest absolute Gasteiger partial charge is 0.492 e. The van der Waals surface area contributed by atoms with Gasteiger partial charge < -0.3 is 15.0 Å². The maximum atomic E-state index is 5.85. The van der Waals surface area contributed by atoms with Gasteiger partial charge in [-0.25, -0.2) is 0 Å². The molecule has 1 N–H and O–H groups in total. The van der Waals surface area contributed by atoms with Gasteiger partial charge in [0.1, 0.15) is 12.4 Å². The van der Waals surface area contributed by atoms with Crippen molar-refractivity contribution < 1.29 is 4.74 Å². The molecule has 0 aliphatic heterocycles. The number of likely N-dealkylation sites (N-methyl/N-ethyl adjacent to an activating group) is 1. The van der Waals surface area contributed by atoms with Crippen LogP contribution in [0.25, 0.3) is 0 Å². The molecule has 0 radical (unpaired) electrons. The van der Waals surface area contributed by atoms with Crippen LogP contribution >= 0.6 is 0 Å². The number of rotatable bonds is 8. The molecule has 0 amide bonds.